The number of benzene rings is 2. The summed E-state index contributed by atoms with van der Waals surface area (Å²) in [6.07, 6.45) is 3.56. The molecule has 1 amide bonds. The van der Waals surface area contributed by atoms with E-state index in [1.807, 2.05) is 30.5 Å². The highest BCUT2D eigenvalue weighted by Gasteiger charge is 2.33. The number of ether oxygens (including phenoxy) is 1. The third-order valence-corrected chi connectivity index (χ3v) is 5.83. The number of anilines is 1. The van der Waals surface area contributed by atoms with Crippen molar-refractivity contribution in [3.8, 4) is 5.75 Å². The summed E-state index contributed by atoms with van der Waals surface area (Å²) in [6, 6.07) is 12.1. The molecule has 1 aliphatic heterocycles. The van der Waals surface area contributed by atoms with Crippen LogP contribution in [-0.4, -0.2) is 28.5 Å². The van der Waals surface area contributed by atoms with Crippen LogP contribution < -0.4 is 9.64 Å². The van der Waals surface area contributed by atoms with Crippen molar-refractivity contribution in [2.45, 2.75) is 4.90 Å². The van der Waals surface area contributed by atoms with Crippen LogP contribution in [0, 0.1) is 10.1 Å². The molecule has 0 spiro atoms. The highest BCUT2D eigenvalue weighted by atomic mass is 32.2. The number of amides is 1. The number of thiocarbonyl (C=S) groups is 1. The van der Waals surface area contributed by atoms with E-state index < -0.39 is 4.92 Å². The number of hydrogen-bond acceptors (Lipinski definition) is 7. The molecule has 0 saturated carbocycles. The molecule has 2 aromatic carbocycles. The molecule has 6 nitrogen and oxygen atoms in total. The first-order valence-electron chi connectivity index (χ1n) is 7.69. The van der Waals surface area contributed by atoms with Gasteiger partial charge in [0.25, 0.3) is 5.91 Å². The molecule has 1 fully saturated rings. The Balaban J connectivity index is 1.95. The van der Waals surface area contributed by atoms with E-state index in [9.17, 15) is 14.9 Å². The molecule has 0 atom stereocenters. The van der Waals surface area contributed by atoms with Crippen LogP contribution in [-0.2, 0) is 4.79 Å². The van der Waals surface area contributed by atoms with Crippen molar-refractivity contribution in [3.63, 3.8) is 0 Å². The summed E-state index contributed by atoms with van der Waals surface area (Å²) in [6.45, 7) is 0. The van der Waals surface area contributed by atoms with Gasteiger partial charge < -0.3 is 4.74 Å². The van der Waals surface area contributed by atoms with E-state index in [1.165, 1.54) is 35.9 Å². The zero-order chi connectivity index (χ0) is 19.6. The molecule has 2 aromatic rings. The Labute approximate surface area is 169 Å². The Morgan fingerprint density at radius 1 is 1.30 bits per heavy atom. The van der Waals surface area contributed by atoms with Gasteiger partial charge in [0.1, 0.15) is 0 Å². The van der Waals surface area contributed by atoms with Crippen molar-refractivity contribution in [3.05, 3.63) is 63.0 Å². The largest absolute Gasteiger partial charge is 0.490 e. The lowest BCUT2D eigenvalue weighted by atomic mass is 10.1. The van der Waals surface area contributed by atoms with Crippen LogP contribution in [0.3, 0.4) is 0 Å². The monoisotopic (exact) mass is 418 g/mol. The van der Waals surface area contributed by atoms with Gasteiger partial charge in [-0.3, -0.25) is 19.8 Å². The maximum atomic E-state index is 12.8. The predicted octanol–water partition coefficient (Wildman–Crippen LogP) is 4.73. The van der Waals surface area contributed by atoms with E-state index in [-0.39, 0.29) is 17.3 Å². The summed E-state index contributed by atoms with van der Waals surface area (Å²) in [5.74, 6) is -0.0831. The summed E-state index contributed by atoms with van der Waals surface area (Å²) >= 11 is 8.12. The van der Waals surface area contributed by atoms with Crippen molar-refractivity contribution in [1.82, 2.24) is 0 Å². The normalized spacial score (nSPS) is 15.5. The zero-order valence-corrected chi connectivity index (χ0v) is 16.8. The van der Waals surface area contributed by atoms with Gasteiger partial charge in [0.2, 0.25) is 0 Å². The summed E-state index contributed by atoms with van der Waals surface area (Å²) < 4.78 is 5.42. The van der Waals surface area contributed by atoms with Crippen LogP contribution in [0.4, 0.5) is 11.4 Å². The second-order valence-corrected chi connectivity index (χ2v) is 7.96. The summed E-state index contributed by atoms with van der Waals surface area (Å²) in [7, 11) is 1.37. The van der Waals surface area contributed by atoms with Crippen LogP contribution in [0.15, 0.2) is 52.3 Å². The van der Waals surface area contributed by atoms with Gasteiger partial charge in [0.05, 0.1) is 22.6 Å². The highest BCUT2D eigenvalue weighted by molar-refractivity contribution is 8.27. The maximum Gasteiger partial charge on any atom is 0.311 e. The van der Waals surface area contributed by atoms with Crippen molar-refractivity contribution < 1.29 is 14.5 Å². The van der Waals surface area contributed by atoms with Gasteiger partial charge in [-0.25, -0.2) is 0 Å². The van der Waals surface area contributed by atoms with Crippen molar-refractivity contribution in [2.24, 2.45) is 0 Å². The third kappa shape index (κ3) is 4.00. The molecule has 0 aromatic heterocycles. The second-order valence-electron chi connectivity index (χ2n) is 5.41. The Kier molecular flexibility index (Phi) is 5.83. The topological polar surface area (TPSA) is 72.7 Å². The Morgan fingerprint density at radius 2 is 2.07 bits per heavy atom. The quantitative estimate of drug-likeness (QED) is 0.228. The molecule has 1 heterocycles. The number of nitrogens with zero attached hydrogens (tertiary/aromatic N) is 2. The Bertz CT molecular complexity index is 975. The van der Waals surface area contributed by atoms with Gasteiger partial charge in [0.15, 0.2) is 10.1 Å². The van der Waals surface area contributed by atoms with Crippen molar-refractivity contribution in [2.75, 3.05) is 18.3 Å². The number of thioether (sulfide) groups is 2. The fourth-order valence-corrected chi connectivity index (χ4v) is 4.28. The van der Waals surface area contributed by atoms with Gasteiger partial charge >= 0.3 is 5.69 Å². The van der Waals surface area contributed by atoms with Gasteiger partial charge in [-0.1, -0.05) is 36.1 Å². The molecule has 9 heteroatoms. The lowest BCUT2D eigenvalue weighted by molar-refractivity contribution is -0.385. The Hall–Kier alpha value is -2.36. The molecule has 0 radical (unpaired) electrons. The predicted molar refractivity (Wildman–Crippen MR) is 114 cm³/mol. The van der Waals surface area contributed by atoms with E-state index >= 15 is 0 Å². The van der Waals surface area contributed by atoms with Crippen LogP contribution in [0.5, 0.6) is 5.75 Å². The highest BCUT2D eigenvalue weighted by Crippen LogP contribution is 2.37. The number of hydrogen-bond donors (Lipinski definition) is 0. The first-order valence-corrected chi connectivity index (χ1v) is 10.1. The minimum atomic E-state index is -0.519. The zero-order valence-electron chi connectivity index (χ0n) is 14.4. The molecule has 0 N–H and O–H groups in total. The van der Waals surface area contributed by atoms with Crippen LogP contribution in [0.1, 0.15) is 5.56 Å². The number of nitro groups is 1. The standard InChI is InChI=1S/C18H14N2O4S3/c1-24-15-7-6-11(8-14(15)20(22)23)9-16-17(21)19(18(25)27-16)12-4-3-5-13(10-12)26-2/h3-10H,1-2H3/b16-9+. The SMILES string of the molecule is COc1ccc(/C=C2/SC(=S)N(c3cccc(SC)c3)C2=O)cc1[N+](=O)[O-]. The maximum absolute atomic E-state index is 12.8. The molecule has 138 valence electrons. The van der Waals surface area contributed by atoms with E-state index in [0.717, 1.165) is 4.90 Å². The fraction of sp³-hybridized carbons (Fsp3) is 0.111. The van der Waals surface area contributed by atoms with Gasteiger partial charge in [-0.15, -0.1) is 11.8 Å². The summed E-state index contributed by atoms with van der Waals surface area (Å²) in [5, 5.41) is 11.2. The third-order valence-electron chi connectivity index (χ3n) is 3.80. The first kappa shape index (κ1) is 19.4. The summed E-state index contributed by atoms with van der Waals surface area (Å²) in [5.41, 5.74) is 1.07. The number of nitro benzene ring substituents is 1. The number of carbonyl (C=O) groups excluding carboxylic acids is 1. The minimum Gasteiger partial charge on any atom is -0.490 e. The van der Waals surface area contributed by atoms with Crippen molar-refractivity contribution >= 4 is 63.4 Å². The molecular formula is C18H14N2O4S3. The average molecular weight is 419 g/mol. The number of carbonyl (C=O) groups is 1. The van der Waals surface area contributed by atoms with Gasteiger partial charge in [-0.2, -0.15) is 0 Å². The lowest BCUT2D eigenvalue weighted by Gasteiger charge is -2.15. The first-order chi connectivity index (χ1) is 12.9. The Morgan fingerprint density at radius 3 is 2.74 bits per heavy atom. The minimum absolute atomic E-state index is 0.158. The van der Waals surface area contributed by atoms with Gasteiger partial charge in [0, 0.05) is 11.0 Å². The van der Waals surface area contributed by atoms with E-state index in [4.69, 9.17) is 17.0 Å². The second kappa shape index (κ2) is 8.12. The van der Waals surface area contributed by atoms with E-state index in [0.29, 0.717) is 20.5 Å². The smallest absolute Gasteiger partial charge is 0.311 e. The molecule has 1 saturated heterocycles. The van der Waals surface area contributed by atoms with Crippen molar-refractivity contribution in [1.29, 1.82) is 0 Å². The number of rotatable bonds is 5. The molecule has 1 aliphatic rings. The van der Waals surface area contributed by atoms with Gasteiger partial charge in [-0.05, 0) is 42.2 Å². The van der Waals surface area contributed by atoms with E-state index in [2.05, 4.69) is 0 Å². The van der Waals surface area contributed by atoms with Crippen LogP contribution in [0.25, 0.3) is 6.08 Å². The molecule has 3 rings (SSSR count). The van der Waals surface area contributed by atoms with E-state index in [1.54, 1.807) is 23.9 Å². The molecule has 27 heavy (non-hydrogen) atoms. The molecule has 0 aliphatic carbocycles. The number of methoxy groups -OCH3 is 1. The van der Waals surface area contributed by atoms with Crippen LogP contribution >= 0.6 is 35.7 Å². The average Bonchev–Trinajstić information content (AvgIpc) is 2.94. The molecule has 0 bridgehead atoms. The summed E-state index contributed by atoms with van der Waals surface area (Å²) in [4.78, 5) is 26.4. The van der Waals surface area contributed by atoms with Crippen LogP contribution in [0.2, 0.25) is 0 Å². The molecular weight excluding hydrogens is 404 g/mol. The lowest BCUT2D eigenvalue weighted by Crippen LogP contribution is -2.27. The molecule has 0 unspecified atom stereocenters. The fourth-order valence-electron chi connectivity index (χ4n) is 2.53.